The number of aryl methyl sites for hydroxylation is 1. The maximum absolute atomic E-state index is 13.4. The Hall–Kier alpha value is -1.55. The third-order valence-electron chi connectivity index (χ3n) is 3.18. The van der Waals surface area contributed by atoms with Gasteiger partial charge in [-0.25, -0.2) is 4.39 Å². The first kappa shape index (κ1) is 14.9. The van der Waals surface area contributed by atoms with Crippen LogP contribution in [0.15, 0.2) is 36.4 Å². The van der Waals surface area contributed by atoms with Crippen LogP contribution in [0.1, 0.15) is 21.5 Å². The largest absolute Gasteiger partial charge is 0.496 e. The average Bonchev–Trinajstić information content (AvgIpc) is 2.47. The number of hydrogen-bond donors (Lipinski definition) is 0. The van der Waals surface area contributed by atoms with Crippen molar-refractivity contribution in [1.82, 2.24) is 0 Å². The number of rotatable bonds is 4. The van der Waals surface area contributed by atoms with E-state index in [1.165, 1.54) is 13.2 Å². The van der Waals surface area contributed by atoms with Crippen LogP contribution in [0.4, 0.5) is 4.39 Å². The predicted molar refractivity (Wildman–Crippen MR) is 81.5 cm³/mol. The molecule has 0 amide bonds. The molecule has 0 radical (unpaired) electrons. The van der Waals surface area contributed by atoms with Crippen molar-refractivity contribution in [2.75, 3.05) is 14.2 Å². The number of methoxy groups -OCH3 is 2. The van der Waals surface area contributed by atoms with Gasteiger partial charge in [0.05, 0.1) is 19.0 Å². The predicted octanol–water partition coefficient (Wildman–Crippen LogP) is 4.64. The number of hydrogen-bond acceptors (Lipinski definition) is 2. The van der Waals surface area contributed by atoms with Crippen LogP contribution < -0.4 is 9.47 Å². The van der Waals surface area contributed by atoms with Gasteiger partial charge < -0.3 is 9.47 Å². The third kappa shape index (κ3) is 2.96. The highest BCUT2D eigenvalue weighted by molar-refractivity contribution is 9.09. The molecular formula is C16H16BrFO2. The van der Waals surface area contributed by atoms with Gasteiger partial charge in [0, 0.05) is 0 Å². The van der Waals surface area contributed by atoms with Crippen molar-refractivity contribution in [3.63, 3.8) is 0 Å². The van der Waals surface area contributed by atoms with Crippen LogP contribution in [0.3, 0.4) is 0 Å². The molecule has 4 heteroatoms. The van der Waals surface area contributed by atoms with E-state index in [1.54, 1.807) is 19.2 Å². The van der Waals surface area contributed by atoms with Crippen LogP contribution in [0.25, 0.3) is 0 Å². The topological polar surface area (TPSA) is 18.5 Å². The Morgan fingerprint density at radius 3 is 2.15 bits per heavy atom. The normalized spacial score (nSPS) is 12.1. The summed E-state index contributed by atoms with van der Waals surface area (Å²) in [5.74, 6) is 0.740. The number of benzene rings is 2. The molecule has 0 aliphatic heterocycles. The Bertz CT molecular complexity index is 613. The zero-order valence-corrected chi connectivity index (χ0v) is 13.2. The van der Waals surface area contributed by atoms with Crippen LogP contribution in [0.2, 0.25) is 0 Å². The molecule has 2 aromatic carbocycles. The first-order chi connectivity index (χ1) is 9.56. The van der Waals surface area contributed by atoms with Crippen LogP contribution in [0, 0.1) is 12.7 Å². The Labute approximate surface area is 126 Å². The first-order valence-corrected chi connectivity index (χ1v) is 7.10. The van der Waals surface area contributed by atoms with Gasteiger partial charge in [-0.15, -0.1) is 0 Å². The van der Waals surface area contributed by atoms with E-state index < -0.39 is 0 Å². The Balaban J connectivity index is 2.35. The van der Waals surface area contributed by atoms with E-state index in [2.05, 4.69) is 15.9 Å². The second kappa shape index (κ2) is 6.27. The highest BCUT2D eigenvalue weighted by Crippen LogP contribution is 2.35. The molecule has 0 aliphatic carbocycles. The zero-order valence-electron chi connectivity index (χ0n) is 11.6. The van der Waals surface area contributed by atoms with Gasteiger partial charge in [0.2, 0.25) is 0 Å². The molecule has 0 saturated carbocycles. The van der Waals surface area contributed by atoms with Crippen molar-refractivity contribution in [3.05, 3.63) is 58.9 Å². The minimum atomic E-state index is -0.359. The lowest BCUT2D eigenvalue weighted by atomic mass is 10.0. The molecule has 2 rings (SSSR count). The Morgan fingerprint density at radius 2 is 1.55 bits per heavy atom. The van der Waals surface area contributed by atoms with Crippen molar-refractivity contribution in [2.24, 2.45) is 0 Å². The number of alkyl halides is 1. The van der Waals surface area contributed by atoms with E-state index in [-0.39, 0.29) is 16.4 Å². The maximum atomic E-state index is 13.4. The van der Waals surface area contributed by atoms with Gasteiger partial charge in [-0.1, -0.05) is 34.1 Å². The van der Waals surface area contributed by atoms with Crippen molar-refractivity contribution in [3.8, 4) is 11.5 Å². The summed E-state index contributed by atoms with van der Waals surface area (Å²) in [6.07, 6.45) is 0. The molecule has 2 aromatic rings. The summed E-state index contributed by atoms with van der Waals surface area (Å²) in [5.41, 5.74) is 3.08. The summed E-state index contributed by atoms with van der Waals surface area (Å²) in [5, 5.41) is 0. The van der Waals surface area contributed by atoms with E-state index in [0.717, 1.165) is 22.4 Å². The summed E-state index contributed by atoms with van der Waals surface area (Å²) < 4.78 is 23.7. The van der Waals surface area contributed by atoms with E-state index in [9.17, 15) is 4.39 Å². The molecule has 106 valence electrons. The van der Waals surface area contributed by atoms with Crippen molar-refractivity contribution in [1.29, 1.82) is 0 Å². The van der Waals surface area contributed by atoms with Gasteiger partial charge in [0.15, 0.2) is 11.6 Å². The zero-order chi connectivity index (χ0) is 14.7. The third-order valence-corrected chi connectivity index (χ3v) is 4.24. The summed E-state index contributed by atoms with van der Waals surface area (Å²) in [7, 11) is 3.11. The second-order valence-corrected chi connectivity index (χ2v) is 5.40. The fourth-order valence-corrected chi connectivity index (χ4v) is 2.66. The molecule has 0 spiro atoms. The van der Waals surface area contributed by atoms with Crippen molar-refractivity contribution >= 4 is 15.9 Å². The molecule has 1 atom stereocenters. The molecule has 2 nitrogen and oxygen atoms in total. The summed E-state index contributed by atoms with van der Waals surface area (Å²) in [6, 6.07) is 10.8. The van der Waals surface area contributed by atoms with E-state index in [4.69, 9.17) is 9.47 Å². The van der Waals surface area contributed by atoms with Gasteiger partial charge in [0.25, 0.3) is 0 Å². The number of halogens is 2. The van der Waals surface area contributed by atoms with Gasteiger partial charge in [-0.2, -0.15) is 0 Å². The molecule has 1 unspecified atom stereocenters. The molecule has 0 bridgehead atoms. The van der Waals surface area contributed by atoms with Gasteiger partial charge in [-0.05, 0) is 41.8 Å². The average molecular weight is 339 g/mol. The van der Waals surface area contributed by atoms with Crippen LogP contribution in [-0.4, -0.2) is 14.2 Å². The van der Waals surface area contributed by atoms with Gasteiger partial charge in [-0.3, -0.25) is 0 Å². The fraction of sp³-hybridized carbons (Fsp3) is 0.250. The minimum absolute atomic E-state index is 0.0263. The molecule has 0 heterocycles. The maximum Gasteiger partial charge on any atom is 0.165 e. The lowest BCUT2D eigenvalue weighted by Gasteiger charge is -2.14. The van der Waals surface area contributed by atoms with E-state index >= 15 is 0 Å². The van der Waals surface area contributed by atoms with Gasteiger partial charge >= 0.3 is 0 Å². The Morgan fingerprint density at radius 1 is 0.950 bits per heavy atom. The van der Waals surface area contributed by atoms with Crippen molar-refractivity contribution in [2.45, 2.75) is 11.8 Å². The fourth-order valence-electron chi connectivity index (χ4n) is 2.09. The highest BCUT2D eigenvalue weighted by Gasteiger charge is 2.14. The minimum Gasteiger partial charge on any atom is -0.496 e. The summed E-state index contributed by atoms with van der Waals surface area (Å²) >= 11 is 3.64. The molecule has 0 aromatic heterocycles. The van der Waals surface area contributed by atoms with Crippen LogP contribution in [-0.2, 0) is 0 Å². The SMILES string of the molecule is COc1ccc(C(Br)c2ccc(F)c(OC)c2)cc1C. The first-order valence-electron chi connectivity index (χ1n) is 6.19. The summed E-state index contributed by atoms with van der Waals surface area (Å²) in [4.78, 5) is -0.0263. The van der Waals surface area contributed by atoms with E-state index in [0.29, 0.717) is 0 Å². The van der Waals surface area contributed by atoms with Crippen LogP contribution in [0.5, 0.6) is 11.5 Å². The lowest BCUT2D eigenvalue weighted by Crippen LogP contribution is -1.97. The molecule has 0 fully saturated rings. The quantitative estimate of drug-likeness (QED) is 0.756. The summed E-state index contributed by atoms with van der Waals surface area (Å²) in [6.45, 7) is 1.99. The lowest BCUT2D eigenvalue weighted by molar-refractivity contribution is 0.386. The molecular weight excluding hydrogens is 323 g/mol. The molecule has 0 saturated heterocycles. The van der Waals surface area contributed by atoms with Gasteiger partial charge in [0.1, 0.15) is 5.75 Å². The highest BCUT2D eigenvalue weighted by atomic mass is 79.9. The molecule has 0 aliphatic rings. The smallest absolute Gasteiger partial charge is 0.165 e. The number of ether oxygens (including phenoxy) is 2. The molecule has 20 heavy (non-hydrogen) atoms. The van der Waals surface area contributed by atoms with Crippen molar-refractivity contribution < 1.29 is 13.9 Å². The van der Waals surface area contributed by atoms with Crippen LogP contribution >= 0.6 is 15.9 Å². The Kier molecular flexibility index (Phi) is 4.65. The second-order valence-electron chi connectivity index (χ2n) is 4.49. The monoisotopic (exact) mass is 338 g/mol. The molecule has 0 N–H and O–H groups in total. The van der Waals surface area contributed by atoms with E-state index in [1.807, 2.05) is 25.1 Å². The standard InChI is InChI=1S/C16H16BrFO2/c1-10-8-11(5-7-14(10)19-2)16(17)12-4-6-13(18)15(9-12)20-3/h4-9,16H,1-3H3.